The van der Waals surface area contributed by atoms with Crippen molar-refractivity contribution >= 4 is 29.1 Å². The van der Waals surface area contributed by atoms with Crippen LogP contribution in [0, 0.1) is 5.92 Å². The molecule has 140 valence electrons. The van der Waals surface area contributed by atoms with Crippen molar-refractivity contribution < 1.29 is 19.1 Å². The minimum atomic E-state index is -0.250. The van der Waals surface area contributed by atoms with Crippen LogP contribution in [0.4, 0.5) is 5.69 Å². The van der Waals surface area contributed by atoms with Crippen LogP contribution < -0.4 is 14.8 Å². The Morgan fingerprint density at radius 3 is 2.67 bits per heavy atom. The van der Waals surface area contributed by atoms with E-state index in [9.17, 15) is 9.59 Å². The van der Waals surface area contributed by atoms with Gasteiger partial charge in [0.15, 0.2) is 11.5 Å². The lowest BCUT2D eigenvalue weighted by atomic mass is 9.96. The summed E-state index contributed by atoms with van der Waals surface area (Å²) in [4.78, 5) is 27.1. The third-order valence-electron chi connectivity index (χ3n) is 4.81. The van der Waals surface area contributed by atoms with E-state index in [0.29, 0.717) is 40.9 Å². The second-order valence-corrected chi connectivity index (χ2v) is 7.09. The highest BCUT2D eigenvalue weighted by atomic mass is 35.5. The Kier molecular flexibility index (Phi) is 4.90. The summed E-state index contributed by atoms with van der Waals surface area (Å²) in [7, 11) is 0. The maximum Gasteiger partial charge on any atom is 0.253 e. The predicted molar refractivity (Wildman–Crippen MR) is 101 cm³/mol. The molecule has 2 aromatic carbocycles. The van der Waals surface area contributed by atoms with Crippen molar-refractivity contribution in [2.75, 3.05) is 25.2 Å². The Morgan fingerprint density at radius 1 is 1.07 bits per heavy atom. The Labute approximate surface area is 162 Å². The molecule has 2 aromatic rings. The standard InChI is InChI=1S/C20H19ClN2O4/c21-15-5-3-13(4-6-15)20(25)23-9-1-2-14(11-23)19(24)22-16-7-8-17-18(10-16)27-12-26-17/h3-8,10,14H,1-2,9,11-12H2,(H,22,24). The van der Waals surface area contributed by atoms with Crippen LogP contribution in [0.5, 0.6) is 11.5 Å². The Balaban J connectivity index is 1.40. The molecular formula is C20H19ClN2O4. The highest BCUT2D eigenvalue weighted by molar-refractivity contribution is 6.30. The lowest BCUT2D eigenvalue weighted by Gasteiger charge is -2.32. The van der Waals surface area contributed by atoms with Gasteiger partial charge in [0.2, 0.25) is 12.7 Å². The van der Waals surface area contributed by atoms with E-state index in [1.54, 1.807) is 47.4 Å². The molecule has 2 aliphatic heterocycles. The van der Waals surface area contributed by atoms with E-state index >= 15 is 0 Å². The molecule has 0 radical (unpaired) electrons. The molecule has 1 unspecified atom stereocenters. The van der Waals surface area contributed by atoms with Crippen LogP contribution in [0.2, 0.25) is 5.02 Å². The zero-order valence-electron chi connectivity index (χ0n) is 14.6. The molecule has 0 saturated carbocycles. The minimum Gasteiger partial charge on any atom is -0.454 e. The number of likely N-dealkylation sites (tertiary alicyclic amines) is 1. The van der Waals surface area contributed by atoms with Crippen molar-refractivity contribution in [3.8, 4) is 11.5 Å². The molecule has 1 N–H and O–H groups in total. The number of ether oxygens (including phenoxy) is 2. The first-order valence-corrected chi connectivity index (χ1v) is 9.23. The van der Waals surface area contributed by atoms with E-state index < -0.39 is 0 Å². The summed E-state index contributed by atoms with van der Waals surface area (Å²) in [6, 6.07) is 12.1. The Bertz CT molecular complexity index is 869. The number of carbonyl (C=O) groups excluding carboxylic acids is 2. The second kappa shape index (κ2) is 7.48. The normalized spacial score (nSPS) is 18.3. The predicted octanol–water partition coefficient (Wildman–Crippen LogP) is 3.56. The fourth-order valence-electron chi connectivity index (χ4n) is 3.37. The lowest BCUT2D eigenvalue weighted by Crippen LogP contribution is -2.43. The van der Waals surface area contributed by atoms with Gasteiger partial charge in [-0.3, -0.25) is 9.59 Å². The molecule has 2 aliphatic rings. The van der Waals surface area contributed by atoms with E-state index in [-0.39, 0.29) is 24.5 Å². The van der Waals surface area contributed by atoms with Crippen LogP contribution >= 0.6 is 11.6 Å². The van der Waals surface area contributed by atoms with Gasteiger partial charge in [0.1, 0.15) is 0 Å². The molecule has 4 rings (SSSR count). The average molecular weight is 387 g/mol. The zero-order valence-corrected chi connectivity index (χ0v) is 15.4. The Morgan fingerprint density at radius 2 is 1.85 bits per heavy atom. The molecule has 6 nitrogen and oxygen atoms in total. The summed E-state index contributed by atoms with van der Waals surface area (Å²) in [5.74, 6) is 0.872. The van der Waals surface area contributed by atoms with Gasteiger partial charge in [-0.1, -0.05) is 11.6 Å². The molecule has 0 bridgehead atoms. The van der Waals surface area contributed by atoms with Crippen LogP contribution in [-0.4, -0.2) is 36.6 Å². The van der Waals surface area contributed by atoms with Crippen molar-refractivity contribution in [3.05, 3.63) is 53.1 Å². The number of anilines is 1. The number of nitrogens with one attached hydrogen (secondary N) is 1. The highest BCUT2D eigenvalue weighted by Gasteiger charge is 2.29. The van der Waals surface area contributed by atoms with Crippen molar-refractivity contribution in [2.24, 2.45) is 5.92 Å². The van der Waals surface area contributed by atoms with E-state index in [1.807, 2.05) is 0 Å². The van der Waals surface area contributed by atoms with Crippen LogP contribution in [0.25, 0.3) is 0 Å². The third-order valence-corrected chi connectivity index (χ3v) is 5.06. The van der Waals surface area contributed by atoms with Crippen LogP contribution in [0.1, 0.15) is 23.2 Å². The van der Waals surface area contributed by atoms with Crippen LogP contribution in [0.3, 0.4) is 0 Å². The fraction of sp³-hybridized carbons (Fsp3) is 0.300. The largest absolute Gasteiger partial charge is 0.454 e. The van der Waals surface area contributed by atoms with Crippen LogP contribution in [-0.2, 0) is 4.79 Å². The molecule has 7 heteroatoms. The quantitative estimate of drug-likeness (QED) is 0.875. The van der Waals surface area contributed by atoms with Gasteiger partial charge in [0.25, 0.3) is 5.91 Å². The van der Waals surface area contributed by atoms with Crippen molar-refractivity contribution in [2.45, 2.75) is 12.8 Å². The first kappa shape index (κ1) is 17.7. The molecular weight excluding hydrogens is 368 g/mol. The molecule has 0 spiro atoms. The summed E-state index contributed by atoms with van der Waals surface area (Å²) >= 11 is 5.88. The van der Waals surface area contributed by atoms with Crippen molar-refractivity contribution in [1.29, 1.82) is 0 Å². The van der Waals surface area contributed by atoms with Crippen molar-refractivity contribution in [1.82, 2.24) is 4.90 Å². The van der Waals surface area contributed by atoms with E-state index in [1.165, 1.54) is 0 Å². The molecule has 0 aliphatic carbocycles. The maximum absolute atomic E-state index is 12.7. The molecule has 1 atom stereocenters. The number of rotatable bonds is 3. The average Bonchev–Trinajstić information content (AvgIpc) is 3.16. The van der Waals surface area contributed by atoms with Gasteiger partial charge in [-0.25, -0.2) is 0 Å². The number of fused-ring (bicyclic) bond motifs is 1. The smallest absolute Gasteiger partial charge is 0.253 e. The minimum absolute atomic E-state index is 0.0766. The van der Waals surface area contributed by atoms with E-state index in [4.69, 9.17) is 21.1 Å². The number of nitrogens with zero attached hydrogens (tertiary/aromatic N) is 1. The molecule has 2 amide bonds. The second-order valence-electron chi connectivity index (χ2n) is 6.65. The third kappa shape index (κ3) is 3.85. The molecule has 0 aromatic heterocycles. The van der Waals surface area contributed by atoms with Crippen LogP contribution in [0.15, 0.2) is 42.5 Å². The number of piperidine rings is 1. The first-order chi connectivity index (χ1) is 13.1. The van der Waals surface area contributed by atoms with Gasteiger partial charge in [-0.05, 0) is 49.2 Å². The zero-order chi connectivity index (χ0) is 18.8. The van der Waals surface area contributed by atoms with E-state index in [0.717, 1.165) is 12.8 Å². The van der Waals surface area contributed by atoms with Gasteiger partial charge in [-0.15, -0.1) is 0 Å². The van der Waals surface area contributed by atoms with Gasteiger partial charge < -0.3 is 19.7 Å². The lowest BCUT2D eigenvalue weighted by molar-refractivity contribution is -0.121. The van der Waals surface area contributed by atoms with Gasteiger partial charge in [0, 0.05) is 35.4 Å². The molecule has 27 heavy (non-hydrogen) atoms. The summed E-state index contributed by atoms with van der Waals surface area (Å²) in [6.45, 7) is 1.24. The molecule has 2 heterocycles. The van der Waals surface area contributed by atoms with E-state index in [2.05, 4.69) is 5.32 Å². The topological polar surface area (TPSA) is 67.9 Å². The summed E-state index contributed by atoms with van der Waals surface area (Å²) in [5.41, 5.74) is 1.24. The SMILES string of the molecule is O=C(Nc1ccc2c(c1)OCO2)C1CCCN(C(=O)c2ccc(Cl)cc2)C1. The molecule has 1 saturated heterocycles. The summed E-state index contributed by atoms with van der Waals surface area (Å²) in [6.07, 6.45) is 1.54. The highest BCUT2D eigenvalue weighted by Crippen LogP contribution is 2.34. The maximum atomic E-state index is 12.7. The van der Waals surface area contributed by atoms with Gasteiger partial charge >= 0.3 is 0 Å². The number of hydrogen-bond acceptors (Lipinski definition) is 4. The number of carbonyl (C=O) groups is 2. The first-order valence-electron chi connectivity index (χ1n) is 8.85. The van der Waals surface area contributed by atoms with Gasteiger partial charge in [-0.2, -0.15) is 0 Å². The van der Waals surface area contributed by atoms with Crippen molar-refractivity contribution in [3.63, 3.8) is 0 Å². The summed E-state index contributed by atoms with van der Waals surface area (Å²) in [5, 5.41) is 3.51. The van der Waals surface area contributed by atoms with Gasteiger partial charge in [0.05, 0.1) is 5.92 Å². The number of hydrogen-bond donors (Lipinski definition) is 1. The summed E-state index contributed by atoms with van der Waals surface area (Å²) < 4.78 is 10.6. The number of halogens is 1. The molecule has 1 fully saturated rings. The fourth-order valence-corrected chi connectivity index (χ4v) is 3.50. The number of amides is 2. The monoisotopic (exact) mass is 386 g/mol. The Hall–Kier alpha value is -2.73. The number of benzene rings is 2.